The van der Waals surface area contributed by atoms with Crippen LogP contribution in [0.25, 0.3) is 0 Å². The summed E-state index contributed by atoms with van der Waals surface area (Å²) in [5.74, 6) is 0.456. The van der Waals surface area contributed by atoms with Crippen LogP contribution in [0.3, 0.4) is 0 Å². The summed E-state index contributed by atoms with van der Waals surface area (Å²) in [6.45, 7) is 5.68. The van der Waals surface area contributed by atoms with E-state index in [4.69, 9.17) is 4.74 Å². The fraction of sp³-hybridized carbons (Fsp3) is 0.467. The lowest BCUT2D eigenvalue weighted by atomic mass is 10.2. The van der Waals surface area contributed by atoms with Crippen LogP contribution in [0.2, 0.25) is 0 Å². The Labute approximate surface area is 120 Å². The Morgan fingerprint density at radius 2 is 1.75 bits per heavy atom. The van der Waals surface area contributed by atoms with Crippen molar-refractivity contribution in [2.24, 2.45) is 0 Å². The Hall–Kier alpha value is -2.04. The Balaban J connectivity index is 3.02. The van der Waals surface area contributed by atoms with Gasteiger partial charge in [-0.05, 0) is 38.1 Å². The van der Waals surface area contributed by atoms with Crippen molar-refractivity contribution < 1.29 is 14.3 Å². The first-order valence-corrected chi connectivity index (χ1v) is 6.62. The first-order valence-electron chi connectivity index (χ1n) is 6.62. The maximum absolute atomic E-state index is 12.0. The quantitative estimate of drug-likeness (QED) is 0.826. The number of nitrogens with zero attached hydrogens (tertiary/aromatic N) is 2. The molecule has 0 fully saturated rings. The number of anilines is 1. The second-order valence-corrected chi connectivity index (χ2v) is 4.72. The number of rotatable bonds is 5. The average molecular weight is 278 g/mol. The molecular formula is C15H22N2O3. The fourth-order valence-electron chi connectivity index (χ4n) is 2.03. The highest BCUT2D eigenvalue weighted by atomic mass is 16.5. The normalized spacial score (nSPS) is 11.7. The lowest BCUT2D eigenvalue weighted by Gasteiger charge is -2.29. The average Bonchev–Trinajstić information content (AvgIpc) is 2.39. The lowest BCUT2D eigenvalue weighted by molar-refractivity contribution is -0.131. The summed E-state index contributed by atoms with van der Waals surface area (Å²) in [6, 6.07) is 6.61. The predicted octanol–water partition coefficient (Wildman–Crippen LogP) is 1.91. The smallest absolute Gasteiger partial charge is 0.244 e. The van der Waals surface area contributed by atoms with Gasteiger partial charge in [0.2, 0.25) is 11.8 Å². The van der Waals surface area contributed by atoms with E-state index in [9.17, 15) is 9.59 Å². The number of likely N-dealkylation sites (N-methyl/N-ethyl adjacent to an activating group) is 1. The third-order valence-corrected chi connectivity index (χ3v) is 2.95. The molecule has 1 aromatic carbocycles. The van der Waals surface area contributed by atoms with Crippen molar-refractivity contribution in [1.29, 1.82) is 0 Å². The van der Waals surface area contributed by atoms with Crippen LogP contribution in [0, 0.1) is 0 Å². The van der Waals surface area contributed by atoms with Gasteiger partial charge in [0.05, 0.1) is 6.61 Å². The third-order valence-electron chi connectivity index (χ3n) is 2.95. The van der Waals surface area contributed by atoms with Gasteiger partial charge in [0.25, 0.3) is 0 Å². The molecule has 1 unspecified atom stereocenters. The molecule has 1 aromatic rings. The zero-order chi connectivity index (χ0) is 15.3. The molecule has 0 aliphatic heterocycles. The van der Waals surface area contributed by atoms with Gasteiger partial charge >= 0.3 is 0 Å². The Morgan fingerprint density at radius 1 is 1.20 bits per heavy atom. The topological polar surface area (TPSA) is 49.9 Å². The summed E-state index contributed by atoms with van der Waals surface area (Å²) in [7, 11) is 3.35. The van der Waals surface area contributed by atoms with Gasteiger partial charge in [-0.1, -0.05) is 0 Å². The van der Waals surface area contributed by atoms with E-state index in [0.29, 0.717) is 12.3 Å². The van der Waals surface area contributed by atoms with E-state index in [0.717, 1.165) is 5.75 Å². The van der Waals surface area contributed by atoms with Gasteiger partial charge in [-0.2, -0.15) is 0 Å². The molecule has 0 saturated carbocycles. The Morgan fingerprint density at radius 3 is 2.15 bits per heavy atom. The van der Waals surface area contributed by atoms with Gasteiger partial charge in [0.1, 0.15) is 11.8 Å². The highest BCUT2D eigenvalue weighted by Crippen LogP contribution is 2.22. The SMILES string of the molecule is CCOc1ccc(N(C(C)=O)C(C)C(=O)N(C)C)cc1. The van der Waals surface area contributed by atoms with Crippen LogP contribution < -0.4 is 9.64 Å². The largest absolute Gasteiger partial charge is 0.494 e. The molecule has 20 heavy (non-hydrogen) atoms. The first kappa shape index (κ1) is 16.0. The van der Waals surface area contributed by atoms with Crippen molar-refractivity contribution in [3.05, 3.63) is 24.3 Å². The molecule has 0 bridgehead atoms. The number of hydrogen-bond donors (Lipinski definition) is 0. The third kappa shape index (κ3) is 3.73. The number of benzene rings is 1. The standard InChI is InChI=1S/C15H22N2O3/c1-6-20-14-9-7-13(8-10-14)17(12(3)18)11(2)15(19)16(4)5/h7-11H,6H2,1-5H3. The van der Waals surface area contributed by atoms with Crippen LogP contribution in [-0.4, -0.2) is 43.5 Å². The summed E-state index contributed by atoms with van der Waals surface area (Å²) < 4.78 is 5.37. The molecule has 5 nitrogen and oxygen atoms in total. The Kier molecular flexibility index (Phi) is 5.55. The zero-order valence-electron chi connectivity index (χ0n) is 12.7. The summed E-state index contributed by atoms with van der Waals surface area (Å²) in [6.07, 6.45) is 0. The van der Waals surface area contributed by atoms with Crippen molar-refractivity contribution >= 4 is 17.5 Å². The number of ether oxygens (including phenoxy) is 1. The van der Waals surface area contributed by atoms with Gasteiger partial charge < -0.3 is 14.5 Å². The molecule has 0 aliphatic rings. The number of carbonyl (C=O) groups excluding carboxylic acids is 2. The first-order chi connectivity index (χ1) is 9.38. The number of amides is 2. The second-order valence-electron chi connectivity index (χ2n) is 4.72. The van der Waals surface area contributed by atoms with Crippen molar-refractivity contribution in [3.63, 3.8) is 0 Å². The lowest BCUT2D eigenvalue weighted by Crippen LogP contribution is -2.47. The van der Waals surface area contributed by atoms with Gasteiger partial charge in [0.15, 0.2) is 0 Å². The predicted molar refractivity (Wildman–Crippen MR) is 78.9 cm³/mol. The van der Waals surface area contributed by atoms with Crippen LogP contribution in [-0.2, 0) is 9.59 Å². The van der Waals surface area contributed by atoms with Crippen LogP contribution >= 0.6 is 0 Å². The van der Waals surface area contributed by atoms with Crippen LogP contribution in [0.5, 0.6) is 5.75 Å². The molecule has 0 aliphatic carbocycles. The molecule has 1 atom stereocenters. The molecule has 0 heterocycles. The van der Waals surface area contributed by atoms with Gasteiger partial charge in [-0.15, -0.1) is 0 Å². The minimum absolute atomic E-state index is 0.117. The van der Waals surface area contributed by atoms with Gasteiger partial charge in [-0.25, -0.2) is 0 Å². The van der Waals surface area contributed by atoms with Crippen molar-refractivity contribution in [1.82, 2.24) is 4.90 Å². The van der Waals surface area contributed by atoms with E-state index >= 15 is 0 Å². The summed E-state index contributed by atoms with van der Waals surface area (Å²) >= 11 is 0. The maximum atomic E-state index is 12.0. The Bertz CT molecular complexity index is 469. The zero-order valence-corrected chi connectivity index (χ0v) is 12.7. The molecule has 0 saturated heterocycles. The fourth-order valence-corrected chi connectivity index (χ4v) is 2.03. The summed E-state index contributed by atoms with van der Waals surface area (Å²) in [5.41, 5.74) is 0.684. The van der Waals surface area contributed by atoms with E-state index in [-0.39, 0.29) is 11.8 Å². The second kappa shape index (κ2) is 6.93. The monoisotopic (exact) mass is 278 g/mol. The maximum Gasteiger partial charge on any atom is 0.244 e. The molecule has 1 rings (SSSR count). The van der Waals surface area contributed by atoms with E-state index < -0.39 is 6.04 Å². The van der Waals surface area contributed by atoms with Crippen molar-refractivity contribution in [3.8, 4) is 5.75 Å². The molecule has 0 N–H and O–H groups in total. The minimum atomic E-state index is -0.541. The van der Waals surface area contributed by atoms with Crippen molar-refractivity contribution in [2.45, 2.75) is 26.8 Å². The minimum Gasteiger partial charge on any atom is -0.494 e. The molecule has 0 radical (unpaired) electrons. The molecule has 0 spiro atoms. The van der Waals surface area contributed by atoms with E-state index in [1.807, 2.05) is 6.92 Å². The molecule has 5 heteroatoms. The number of carbonyl (C=O) groups is 2. The van der Waals surface area contributed by atoms with Crippen LogP contribution in [0.4, 0.5) is 5.69 Å². The summed E-state index contributed by atoms with van der Waals surface area (Å²) in [4.78, 5) is 26.9. The molecular weight excluding hydrogens is 256 g/mol. The highest BCUT2D eigenvalue weighted by Gasteiger charge is 2.26. The van der Waals surface area contributed by atoms with Crippen LogP contribution in [0.15, 0.2) is 24.3 Å². The van der Waals surface area contributed by atoms with E-state index in [1.165, 1.54) is 16.7 Å². The van der Waals surface area contributed by atoms with Crippen molar-refractivity contribution in [2.75, 3.05) is 25.6 Å². The van der Waals surface area contributed by atoms with E-state index in [1.54, 1.807) is 45.3 Å². The van der Waals surface area contributed by atoms with E-state index in [2.05, 4.69) is 0 Å². The molecule has 2 amide bonds. The number of hydrogen-bond acceptors (Lipinski definition) is 3. The van der Waals surface area contributed by atoms with Gasteiger partial charge in [0, 0.05) is 26.7 Å². The summed E-state index contributed by atoms with van der Waals surface area (Å²) in [5, 5.41) is 0. The molecule has 110 valence electrons. The van der Waals surface area contributed by atoms with Gasteiger partial charge in [-0.3, -0.25) is 9.59 Å². The van der Waals surface area contributed by atoms with Crippen LogP contribution in [0.1, 0.15) is 20.8 Å². The molecule has 0 aromatic heterocycles. The highest BCUT2D eigenvalue weighted by molar-refractivity contribution is 5.99.